The van der Waals surface area contributed by atoms with Crippen molar-refractivity contribution in [1.29, 1.82) is 0 Å². The van der Waals surface area contributed by atoms with Crippen LogP contribution in [-0.2, 0) is 24.4 Å². The number of rotatable bonds is 8. The highest BCUT2D eigenvalue weighted by Gasteiger charge is 2.10. The van der Waals surface area contributed by atoms with Crippen LogP contribution in [0.25, 0.3) is 4.96 Å². The molecule has 0 spiro atoms. The number of nitrogens with zero attached hydrogens (tertiary/aromatic N) is 3. The van der Waals surface area contributed by atoms with E-state index in [4.69, 9.17) is 9.47 Å². The first-order valence-electron chi connectivity index (χ1n) is 9.07. The van der Waals surface area contributed by atoms with Crippen LogP contribution >= 0.6 is 11.3 Å². The molecule has 3 heterocycles. The fourth-order valence-corrected chi connectivity index (χ4v) is 3.59. The Kier molecular flexibility index (Phi) is 5.71. The third-order valence-corrected chi connectivity index (χ3v) is 5.12. The van der Waals surface area contributed by atoms with Gasteiger partial charge in [-0.25, -0.2) is 4.98 Å². The summed E-state index contributed by atoms with van der Waals surface area (Å²) in [6, 6.07) is 9.44. The summed E-state index contributed by atoms with van der Waals surface area (Å²) >= 11 is 1.54. The van der Waals surface area contributed by atoms with E-state index in [1.807, 2.05) is 52.5 Å². The molecule has 0 aliphatic heterocycles. The number of imidazole rings is 1. The summed E-state index contributed by atoms with van der Waals surface area (Å²) < 4.78 is 13.2. The molecular formula is C21H20N4O3S. The van der Waals surface area contributed by atoms with E-state index in [0.29, 0.717) is 24.7 Å². The van der Waals surface area contributed by atoms with Crippen LogP contribution in [0.15, 0.2) is 60.5 Å². The number of carbonyl (C=O) groups excluding carboxylic acids is 1. The molecule has 0 aliphatic carbocycles. The molecule has 0 saturated carbocycles. The fraction of sp³-hybridized carbons (Fsp3) is 0.190. The first-order chi connectivity index (χ1) is 14.2. The van der Waals surface area contributed by atoms with E-state index in [1.54, 1.807) is 30.8 Å². The molecule has 1 N–H and O–H groups in total. The number of carbonyl (C=O) groups is 1. The average molecular weight is 408 g/mol. The molecule has 1 amide bonds. The Bertz CT molecular complexity index is 1080. The molecule has 0 unspecified atom stereocenters. The van der Waals surface area contributed by atoms with Gasteiger partial charge in [0.2, 0.25) is 5.91 Å². The third kappa shape index (κ3) is 4.72. The molecule has 7 nitrogen and oxygen atoms in total. The molecular weight excluding hydrogens is 388 g/mol. The van der Waals surface area contributed by atoms with Crippen molar-refractivity contribution in [3.8, 4) is 11.5 Å². The van der Waals surface area contributed by atoms with Gasteiger partial charge in [-0.3, -0.25) is 14.2 Å². The Morgan fingerprint density at radius 1 is 1.17 bits per heavy atom. The molecule has 1 aromatic carbocycles. The van der Waals surface area contributed by atoms with E-state index < -0.39 is 0 Å². The fourth-order valence-electron chi connectivity index (χ4n) is 2.87. The van der Waals surface area contributed by atoms with E-state index >= 15 is 0 Å². The SMILES string of the molecule is COc1cc(CNC(=O)Cc2cn3ccsc3n2)ccc1OCc1ccncc1. The third-order valence-electron chi connectivity index (χ3n) is 4.35. The Hall–Kier alpha value is -3.39. The summed E-state index contributed by atoms with van der Waals surface area (Å²) in [4.78, 5) is 21.6. The number of hydrogen-bond acceptors (Lipinski definition) is 6. The van der Waals surface area contributed by atoms with Crippen molar-refractivity contribution in [2.45, 2.75) is 19.6 Å². The predicted molar refractivity (Wildman–Crippen MR) is 110 cm³/mol. The maximum Gasteiger partial charge on any atom is 0.226 e. The minimum atomic E-state index is -0.0762. The van der Waals surface area contributed by atoms with Crippen LogP contribution in [0.1, 0.15) is 16.8 Å². The number of aromatic nitrogens is 3. The van der Waals surface area contributed by atoms with Crippen LogP contribution in [0.4, 0.5) is 0 Å². The molecule has 0 aliphatic rings. The normalized spacial score (nSPS) is 10.8. The summed E-state index contributed by atoms with van der Waals surface area (Å²) in [5, 5.41) is 4.89. The zero-order chi connectivity index (χ0) is 20.1. The summed E-state index contributed by atoms with van der Waals surface area (Å²) in [5.41, 5.74) is 2.71. The van der Waals surface area contributed by atoms with Gasteiger partial charge < -0.3 is 14.8 Å². The van der Waals surface area contributed by atoms with E-state index in [0.717, 1.165) is 21.8 Å². The smallest absolute Gasteiger partial charge is 0.226 e. The van der Waals surface area contributed by atoms with Gasteiger partial charge in [0.15, 0.2) is 16.5 Å². The lowest BCUT2D eigenvalue weighted by atomic mass is 10.2. The largest absolute Gasteiger partial charge is 0.493 e. The number of thiazole rings is 1. The molecule has 0 bridgehead atoms. The lowest BCUT2D eigenvalue weighted by molar-refractivity contribution is -0.120. The second-order valence-electron chi connectivity index (χ2n) is 6.41. The number of fused-ring (bicyclic) bond motifs is 1. The van der Waals surface area contributed by atoms with Crippen molar-refractivity contribution in [2.75, 3.05) is 7.11 Å². The summed E-state index contributed by atoms with van der Waals surface area (Å²) in [5.74, 6) is 1.20. The van der Waals surface area contributed by atoms with Crippen molar-refractivity contribution >= 4 is 22.2 Å². The molecule has 3 aromatic heterocycles. The summed E-state index contributed by atoms with van der Waals surface area (Å²) in [6.07, 6.45) is 7.52. The highest BCUT2D eigenvalue weighted by atomic mass is 32.1. The van der Waals surface area contributed by atoms with Crippen LogP contribution in [-0.4, -0.2) is 27.4 Å². The van der Waals surface area contributed by atoms with Crippen molar-refractivity contribution < 1.29 is 14.3 Å². The Morgan fingerprint density at radius 3 is 2.83 bits per heavy atom. The maximum absolute atomic E-state index is 12.2. The molecule has 4 aromatic rings. The highest BCUT2D eigenvalue weighted by Crippen LogP contribution is 2.28. The monoisotopic (exact) mass is 408 g/mol. The molecule has 0 radical (unpaired) electrons. The topological polar surface area (TPSA) is 77.8 Å². The maximum atomic E-state index is 12.2. The number of ether oxygens (including phenoxy) is 2. The first kappa shape index (κ1) is 18.9. The number of nitrogens with one attached hydrogen (secondary N) is 1. The first-order valence-corrected chi connectivity index (χ1v) is 9.95. The van der Waals surface area contributed by atoms with Crippen LogP contribution < -0.4 is 14.8 Å². The van der Waals surface area contributed by atoms with Crippen LogP contribution in [0.3, 0.4) is 0 Å². The van der Waals surface area contributed by atoms with Crippen molar-refractivity contribution in [3.05, 3.63) is 77.3 Å². The quantitative estimate of drug-likeness (QED) is 0.484. The van der Waals surface area contributed by atoms with Gasteiger partial charge in [-0.05, 0) is 35.4 Å². The van der Waals surface area contributed by atoms with E-state index in [2.05, 4.69) is 15.3 Å². The summed E-state index contributed by atoms with van der Waals surface area (Å²) in [7, 11) is 1.60. The van der Waals surface area contributed by atoms with Crippen molar-refractivity contribution in [3.63, 3.8) is 0 Å². The zero-order valence-electron chi connectivity index (χ0n) is 15.9. The van der Waals surface area contributed by atoms with Crippen LogP contribution in [0, 0.1) is 0 Å². The Balaban J connectivity index is 1.33. The standard InChI is InChI=1S/C21H20N4O3S/c1-27-19-10-16(2-3-18(19)28-14-15-4-6-22-7-5-15)12-23-20(26)11-17-13-25-8-9-29-21(25)24-17/h2-10,13H,11-12,14H2,1H3,(H,23,26). The lowest BCUT2D eigenvalue weighted by Gasteiger charge is -2.12. The van der Waals surface area contributed by atoms with Crippen LogP contribution in [0.5, 0.6) is 11.5 Å². The van der Waals surface area contributed by atoms with E-state index in [1.165, 1.54) is 0 Å². The lowest BCUT2D eigenvalue weighted by Crippen LogP contribution is -2.24. The molecule has 0 saturated heterocycles. The molecule has 4 rings (SSSR count). The van der Waals surface area contributed by atoms with Gasteiger partial charge in [-0.1, -0.05) is 6.07 Å². The van der Waals surface area contributed by atoms with Gasteiger partial charge in [0.05, 0.1) is 19.2 Å². The minimum absolute atomic E-state index is 0.0762. The number of amides is 1. The number of methoxy groups -OCH3 is 1. The zero-order valence-corrected chi connectivity index (χ0v) is 16.7. The van der Waals surface area contributed by atoms with Gasteiger partial charge in [-0.2, -0.15) is 0 Å². The van der Waals surface area contributed by atoms with Gasteiger partial charge >= 0.3 is 0 Å². The highest BCUT2D eigenvalue weighted by molar-refractivity contribution is 7.15. The Morgan fingerprint density at radius 2 is 2.03 bits per heavy atom. The summed E-state index contributed by atoms with van der Waals surface area (Å²) in [6.45, 7) is 0.832. The molecule has 29 heavy (non-hydrogen) atoms. The average Bonchev–Trinajstić information content (AvgIpc) is 3.33. The molecule has 0 atom stereocenters. The predicted octanol–water partition coefficient (Wildman–Crippen LogP) is 3.24. The van der Waals surface area contributed by atoms with Gasteiger partial charge in [0.25, 0.3) is 0 Å². The molecule has 8 heteroatoms. The van der Waals surface area contributed by atoms with Gasteiger partial charge in [0, 0.05) is 36.7 Å². The molecule has 0 fully saturated rings. The van der Waals surface area contributed by atoms with Crippen LogP contribution in [0.2, 0.25) is 0 Å². The van der Waals surface area contributed by atoms with Gasteiger partial charge in [0.1, 0.15) is 6.61 Å². The van der Waals surface area contributed by atoms with Gasteiger partial charge in [-0.15, -0.1) is 11.3 Å². The van der Waals surface area contributed by atoms with E-state index in [9.17, 15) is 4.79 Å². The molecule has 148 valence electrons. The minimum Gasteiger partial charge on any atom is -0.493 e. The second kappa shape index (κ2) is 8.74. The number of benzene rings is 1. The number of pyridine rings is 1. The van der Waals surface area contributed by atoms with Crippen molar-refractivity contribution in [2.24, 2.45) is 0 Å². The Labute approximate surface area is 172 Å². The van der Waals surface area contributed by atoms with Crippen molar-refractivity contribution in [1.82, 2.24) is 19.7 Å². The number of hydrogen-bond donors (Lipinski definition) is 1. The second-order valence-corrected chi connectivity index (χ2v) is 7.28. The van der Waals surface area contributed by atoms with E-state index in [-0.39, 0.29) is 12.3 Å².